The molecule has 0 bridgehead atoms. The van der Waals surface area contributed by atoms with Crippen LogP contribution in [0.5, 0.6) is 0 Å². The van der Waals surface area contributed by atoms with Gasteiger partial charge in [-0.1, -0.05) is 30.3 Å². The number of rotatable bonds is 6. The molecule has 138 valence electrons. The Hall–Kier alpha value is -1.99. The van der Waals surface area contributed by atoms with Gasteiger partial charge in [-0.25, -0.2) is 8.42 Å². The number of hydrogen-bond donors (Lipinski definition) is 1. The van der Waals surface area contributed by atoms with E-state index < -0.39 is 9.84 Å². The molecule has 26 heavy (non-hydrogen) atoms. The molecule has 2 aromatic rings. The van der Waals surface area contributed by atoms with Crippen molar-refractivity contribution < 1.29 is 13.2 Å². The maximum Gasteiger partial charge on any atom is 0.246 e. The topological polar surface area (TPSA) is 66.5 Å². The summed E-state index contributed by atoms with van der Waals surface area (Å²) in [6.07, 6.45) is 2.46. The molecule has 7 heteroatoms. The summed E-state index contributed by atoms with van der Waals surface area (Å²) in [4.78, 5) is 15.7. The van der Waals surface area contributed by atoms with Crippen LogP contribution in [-0.4, -0.2) is 44.7 Å². The number of benzene rings is 2. The zero-order valence-electron chi connectivity index (χ0n) is 14.6. The van der Waals surface area contributed by atoms with Crippen LogP contribution in [-0.2, 0) is 14.6 Å². The van der Waals surface area contributed by atoms with Gasteiger partial charge in [-0.3, -0.25) is 4.79 Å². The highest BCUT2D eigenvalue weighted by molar-refractivity contribution is 7.98. The van der Waals surface area contributed by atoms with Crippen LogP contribution in [0.2, 0.25) is 0 Å². The molecule has 1 atom stereocenters. The minimum absolute atomic E-state index is 0.0229. The SMILES string of the molecule is CSc1ccccc1NCC(=O)N(c1ccccc1)[C@@H]1CCS(=O)(=O)C1. The zero-order valence-corrected chi connectivity index (χ0v) is 16.2. The van der Waals surface area contributed by atoms with Crippen molar-refractivity contribution in [1.29, 1.82) is 0 Å². The van der Waals surface area contributed by atoms with Crippen molar-refractivity contribution in [3.05, 3.63) is 54.6 Å². The number of para-hydroxylation sites is 2. The van der Waals surface area contributed by atoms with E-state index in [2.05, 4.69) is 5.32 Å². The van der Waals surface area contributed by atoms with Crippen LogP contribution in [0.4, 0.5) is 11.4 Å². The van der Waals surface area contributed by atoms with E-state index in [1.807, 2.05) is 60.9 Å². The van der Waals surface area contributed by atoms with Gasteiger partial charge in [-0.05, 0) is 36.9 Å². The van der Waals surface area contributed by atoms with E-state index in [0.717, 1.165) is 16.3 Å². The molecule has 0 aliphatic carbocycles. The third kappa shape index (κ3) is 4.40. The van der Waals surface area contributed by atoms with Crippen LogP contribution in [0.15, 0.2) is 59.5 Å². The maximum atomic E-state index is 13.0. The Labute approximate surface area is 158 Å². The molecule has 5 nitrogen and oxygen atoms in total. The highest BCUT2D eigenvalue weighted by atomic mass is 32.2. The number of hydrogen-bond acceptors (Lipinski definition) is 5. The first-order valence-corrected chi connectivity index (χ1v) is 11.5. The number of nitrogens with one attached hydrogen (secondary N) is 1. The molecule has 1 fully saturated rings. The Kier molecular flexibility index (Phi) is 5.88. The van der Waals surface area contributed by atoms with Crippen molar-refractivity contribution >= 4 is 38.9 Å². The summed E-state index contributed by atoms with van der Waals surface area (Å²) >= 11 is 1.61. The Balaban J connectivity index is 1.79. The lowest BCUT2D eigenvalue weighted by Crippen LogP contribution is -2.44. The molecule has 0 saturated carbocycles. The summed E-state index contributed by atoms with van der Waals surface area (Å²) < 4.78 is 23.8. The minimum Gasteiger partial charge on any atom is -0.375 e. The predicted octanol–water partition coefficient (Wildman–Crippen LogP) is 3.04. The van der Waals surface area contributed by atoms with Gasteiger partial charge in [-0.2, -0.15) is 0 Å². The van der Waals surface area contributed by atoms with E-state index >= 15 is 0 Å². The molecule has 2 aromatic carbocycles. The molecule has 3 rings (SSSR count). The fourth-order valence-electron chi connectivity index (χ4n) is 3.17. The standard InChI is InChI=1S/C19H22N2O3S2/c1-25-18-10-6-5-9-17(18)20-13-19(22)21(15-7-3-2-4-8-15)16-11-12-26(23,24)14-16/h2-10,16,20H,11-14H2,1H3/t16-/m1/s1. The van der Waals surface area contributed by atoms with Gasteiger partial charge in [-0.15, -0.1) is 11.8 Å². The first kappa shape index (κ1) is 18.8. The van der Waals surface area contributed by atoms with Crippen molar-refractivity contribution in [2.45, 2.75) is 17.4 Å². The molecular formula is C19H22N2O3S2. The molecule has 1 aliphatic heterocycles. The van der Waals surface area contributed by atoms with Crippen LogP contribution < -0.4 is 10.2 Å². The second-order valence-corrected chi connectivity index (χ2v) is 9.29. The van der Waals surface area contributed by atoms with Crippen molar-refractivity contribution in [2.75, 3.05) is 34.5 Å². The highest BCUT2D eigenvalue weighted by Crippen LogP contribution is 2.26. The van der Waals surface area contributed by atoms with Crippen LogP contribution >= 0.6 is 11.8 Å². The van der Waals surface area contributed by atoms with Gasteiger partial charge in [0.15, 0.2) is 9.84 Å². The normalized spacial score (nSPS) is 18.4. The first-order chi connectivity index (χ1) is 12.5. The third-order valence-corrected chi connectivity index (χ3v) is 6.96. The van der Waals surface area contributed by atoms with Crippen molar-refractivity contribution in [1.82, 2.24) is 0 Å². The number of sulfone groups is 1. The van der Waals surface area contributed by atoms with Gasteiger partial charge in [0.1, 0.15) is 0 Å². The number of thioether (sulfide) groups is 1. The molecular weight excluding hydrogens is 368 g/mol. The number of carbonyl (C=O) groups is 1. The van der Waals surface area contributed by atoms with Gasteiger partial charge in [0.2, 0.25) is 5.91 Å². The summed E-state index contributed by atoms with van der Waals surface area (Å²) in [6, 6.07) is 16.8. The zero-order chi connectivity index (χ0) is 18.6. The molecule has 1 aliphatic rings. The Bertz CT molecular complexity index is 869. The van der Waals surface area contributed by atoms with E-state index in [-0.39, 0.29) is 30.0 Å². The lowest BCUT2D eigenvalue weighted by molar-refractivity contribution is -0.117. The molecule has 0 spiro atoms. The Morgan fingerprint density at radius 3 is 2.50 bits per heavy atom. The Morgan fingerprint density at radius 2 is 1.85 bits per heavy atom. The smallest absolute Gasteiger partial charge is 0.246 e. The van der Waals surface area contributed by atoms with Crippen molar-refractivity contribution in [3.63, 3.8) is 0 Å². The summed E-state index contributed by atoms with van der Waals surface area (Å²) in [5.74, 6) is 0.0284. The van der Waals surface area contributed by atoms with E-state index in [1.54, 1.807) is 16.7 Å². The van der Waals surface area contributed by atoms with E-state index in [9.17, 15) is 13.2 Å². The summed E-state index contributed by atoms with van der Waals surface area (Å²) in [7, 11) is -3.08. The molecule has 0 radical (unpaired) electrons. The maximum absolute atomic E-state index is 13.0. The van der Waals surface area contributed by atoms with Crippen LogP contribution in [0, 0.1) is 0 Å². The molecule has 0 aromatic heterocycles. The van der Waals surface area contributed by atoms with Crippen LogP contribution in [0.1, 0.15) is 6.42 Å². The highest BCUT2D eigenvalue weighted by Gasteiger charge is 2.35. The fraction of sp³-hybridized carbons (Fsp3) is 0.316. The molecule has 0 unspecified atom stereocenters. The van der Waals surface area contributed by atoms with E-state index in [0.29, 0.717) is 6.42 Å². The average molecular weight is 391 g/mol. The number of carbonyl (C=O) groups excluding carboxylic acids is 1. The third-order valence-electron chi connectivity index (χ3n) is 4.41. The van der Waals surface area contributed by atoms with Crippen molar-refractivity contribution in [2.24, 2.45) is 0 Å². The minimum atomic E-state index is -3.08. The molecule has 1 amide bonds. The molecule has 1 heterocycles. The Morgan fingerprint density at radius 1 is 1.15 bits per heavy atom. The molecule has 1 N–H and O–H groups in total. The van der Waals surface area contributed by atoms with Gasteiger partial charge >= 0.3 is 0 Å². The summed E-state index contributed by atoms with van der Waals surface area (Å²) in [5, 5.41) is 3.20. The second kappa shape index (κ2) is 8.14. The summed E-state index contributed by atoms with van der Waals surface area (Å²) in [5.41, 5.74) is 1.64. The first-order valence-electron chi connectivity index (χ1n) is 8.44. The van der Waals surface area contributed by atoms with E-state index in [1.165, 1.54) is 0 Å². The van der Waals surface area contributed by atoms with E-state index in [4.69, 9.17) is 0 Å². The quantitative estimate of drug-likeness (QED) is 0.768. The van der Waals surface area contributed by atoms with Crippen LogP contribution in [0.3, 0.4) is 0 Å². The summed E-state index contributed by atoms with van der Waals surface area (Å²) in [6.45, 7) is 0.114. The van der Waals surface area contributed by atoms with Gasteiger partial charge in [0.25, 0.3) is 0 Å². The van der Waals surface area contributed by atoms with Crippen LogP contribution in [0.25, 0.3) is 0 Å². The second-order valence-electron chi connectivity index (χ2n) is 6.21. The van der Waals surface area contributed by atoms with Gasteiger partial charge in [0.05, 0.1) is 24.1 Å². The fourth-order valence-corrected chi connectivity index (χ4v) is 5.45. The number of anilines is 2. The largest absolute Gasteiger partial charge is 0.375 e. The lowest BCUT2D eigenvalue weighted by Gasteiger charge is -2.29. The predicted molar refractivity (Wildman–Crippen MR) is 108 cm³/mol. The monoisotopic (exact) mass is 390 g/mol. The van der Waals surface area contributed by atoms with Gasteiger partial charge < -0.3 is 10.2 Å². The van der Waals surface area contributed by atoms with Crippen molar-refractivity contribution in [3.8, 4) is 0 Å². The number of amides is 1. The lowest BCUT2D eigenvalue weighted by atomic mass is 10.1. The molecule has 1 saturated heterocycles. The van der Waals surface area contributed by atoms with Gasteiger partial charge in [0, 0.05) is 16.3 Å². The average Bonchev–Trinajstić information content (AvgIpc) is 3.00. The number of nitrogens with zero attached hydrogens (tertiary/aromatic N) is 1.